The van der Waals surface area contributed by atoms with Crippen LogP contribution in [0.4, 0.5) is 5.00 Å². The van der Waals surface area contributed by atoms with Crippen molar-refractivity contribution in [3.8, 4) is 11.5 Å². The molecule has 0 spiro atoms. The van der Waals surface area contributed by atoms with Crippen molar-refractivity contribution in [3.63, 3.8) is 0 Å². The van der Waals surface area contributed by atoms with E-state index in [9.17, 15) is 9.59 Å². The number of benzene rings is 1. The van der Waals surface area contributed by atoms with Crippen molar-refractivity contribution < 1.29 is 19.1 Å². The van der Waals surface area contributed by atoms with Gasteiger partial charge in [0.1, 0.15) is 16.5 Å². The number of hydrogen-bond acceptors (Lipinski definition) is 5. The third kappa shape index (κ3) is 4.30. The van der Waals surface area contributed by atoms with Crippen LogP contribution in [0.5, 0.6) is 11.5 Å². The molecule has 134 valence electrons. The number of nitrogens with two attached hydrogens (primary N) is 1. The van der Waals surface area contributed by atoms with Gasteiger partial charge in [-0.25, -0.2) is 0 Å². The molecule has 3 N–H and O–H groups in total. The van der Waals surface area contributed by atoms with Gasteiger partial charge in [0, 0.05) is 4.88 Å². The quantitative estimate of drug-likeness (QED) is 0.792. The zero-order chi connectivity index (χ0) is 18.6. The first kappa shape index (κ1) is 18.8. The van der Waals surface area contributed by atoms with Gasteiger partial charge >= 0.3 is 0 Å². The fraction of sp³-hybridized carbons (Fsp3) is 0.333. The number of anilines is 1. The fourth-order valence-corrected chi connectivity index (χ4v) is 3.63. The molecule has 0 aliphatic carbocycles. The van der Waals surface area contributed by atoms with Gasteiger partial charge in [0.25, 0.3) is 11.8 Å². The second kappa shape index (κ2) is 8.02. The van der Waals surface area contributed by atoms with E-state index in [0.717, 1.165) is 10.4 Å². The lowest BCUT2D eigenvalue weighted by Gasteiger charge is -2.15. The predicted molar refractivity (Wildman–Crippen MR) is 98.7 cm³/mol. The summed E-state index contributed by atoms with van der Waals surface area (Å²) in [7, 11) is 1.58. The van der Waals surface area contributed by atoms with Crippen LogP contribution in [0.1, 0.15) is 34.6 Å². The van der Waals surface area contributed by atoms with Gasteiger partial charge in [-0.2, -0.15) is 0 Å². The molecule has 7 heteroatoms. The second-order valence-electron chi connectivity index (χ2n) is 5.48. The highest BCUT2D eigenvalue weighted by atomic mass is 32.1. The van der Waals surface area contributed by atoms with E-state index in [-0.39, 0.29) is 5.91 Å². The van der Waals surface area contributed by atoms with Crippen molar-refractivity contribution in [2.45, 2.75) is 33.3 Å². The lowest BCUT2D eigenvalue weighted by molar-refractivity contribution is -0.122. The summed E-state index contributed by atoms with van der Waals surface area (Å²) in [6.45, 7) is 5.50. The molecule has 0 aliphatic rings. The molecule has 1 aromatic carbocycles. The summed E-state index contributed by atoms with van der Waals surface area (Å²) in [5.41, 5.74) is 6.74. The average molecular weight is 362 g/mol. The third-order valence-electron chi connectivity index (χ3n) is 3.79. The maximum Gasteiger partial charge on any atom is 0.265 e. The monoisotopic (exact) mass is 362 g/mol. The summed E-state index contributed by atoms with van der Waals surface area (Å²) >= 11 is 1.35. The Morgan fingerprint density at radius 3 is 2.36 bits per heavy atom. The molecule has 1 heterocycles. The van der Waals surface area contributed by atoms with Crippen LogP contribution in [0.2, 0.25) is 0 Å². The molecule has 0 saturated carbocycles. The molecule has 25 heavy (non-hydrogen) atoms. The summed E-state index contributed by atoms with van der Waals surface area (Å²) in [6, 6.07) is 6.95. The van der Waals surface area contributed by atoms with Gasteiger partial charge in [0.15, 0.2) is 6.10 Å². The first-order valence-electron chi connectivity index (χ1n) is 7.91. The van der Waals surface area contributed by atoms with Crippen LogP contribution < -0.4 is 20.5 Å². The van der Waals surface area contributed by atoms with E-state index in [1.165, 1.54) is 11.3 Å². The molecule has 2 rings (SSSR count). The minimum Gasteiger partial charge on any atom is -0.497 e. The van der Waals surface area contributed by atoms with Crippen LogP contribution in [0.25, 0.3) is 0 Å². The van der Waals surface area contributed by atoms with Gasteiger partial charge in [-0.05, 0) is 50.1 Å². The molecule has 0 bridgehead atoms. The van der Waals surface area contributed by atoms with Gasteiger partial charge in [-0.1, -0.05) is 6.92 Å². The molecular weight excluding hydrogens is 340 g/mol. The average Bonchev–Trinajstić information content (AvgIpc) is 2.90. The van der Waals surface area contributed by atoms with Crippen molar-refractivity contribution in [1.82, 2.24) is 0 Å². The Bertz CT molecular complexity index is 768. The molecule has 0 radical (unpaired) electrons. The van der Waals surface area contributed by atoms with Crippen LogP contribution in [0.3, 0.4) is 0 Å². The Kier molecular flexibility index (Phi) is 6.03. The number of rotatable bonds is 7. The maximum absolute atomic E-state index is 12.4. The van der Waals surface area contributed by atoms with Gasteiger partial charge in [-0.3, -0.25) is 9.59 Å². The van der Waals surface area contributed by atoms with Crippen LogP contribution in [0.15, 0.2) is 24.3 Å². The zero-order valence-electron chi connectivity index (χ0n) is 14.7. The SMILES string of the molecule is CCc1c(C)sc(NC(=O)C(C)Oc2ccc(OC)cc2)c1C(N)=O. The summed E-state index contributed by atoms with van der Waals surface area (Å²) in [5, 5.41) is 3.23. The van der Waals surface area contributed by atoms with Crippen LogP contribution in [-0.2, 0) is 11.2 Å². The molecule has 0 aliphatic heterocycles. The van der Waals surface area contributed by atoms with Crippen LogP contribution in [0, 0.1) is 6.92 Å². The van der Waals surface area contributed by atoms with Crippen molar-refractivity contribution in [2.75, 3.05) is 12.4 Å². The van der Waals surface area contributed by atoms with Gasteiger partial charge in [0.2, 0.25) is 0 Å². The standard InChI is InChI=1S/C18H22N2O4S/c1-5-14-11(3)25-18(15(14)16(19)21)20-17(22)10(2)24-13-8-6-12(23-4)7-9-13/h6-10H,5H2,1-4H3,(H2,19,21)(H,20,22). The molecule has 0 saturated heterocycles. The van der Waals surface area contributed by atoms with E-state index in [1.807, 2.05) is 13.8 Å². The summed E-state index contributed by atoms with van der Waals surface area (Å²) < 4.78 is 10.7. The molecule has 2 aromatic rings. The number of amides is 2. The second-order valence-corrected chi connectivity index (χ2v) is 6.71. The minimum absolute atomic E-state index is 0.345. The highest BCUT2D eigenvalue weighted by Gasteiger charge is 2.23. The molecule has 0 fully saturated rings. The van der Waals surface area contributed by atoms with Crippen LogP contribution in [-0.4, -0.2) is 25.0 Å². The Balaban J connectivity index is 2.12. The molecule has 1 atom stereocenters. The lowest BCUT2D eigenvalue weighted by Crippen LogP contribution is -2.30. The number of aryl methyl sites for hydroxylation is 1. The summed E-state index contributed by atoms with van der Waals surface area (Å²) in [5.74, 6) is 0.370. The zero-order valence-corrected chi connectivity index (χ0v) is 15.5. The van der Waals surface area contributed by atoms with Crippen molar-refractivity contribution >= 4 is 28.2 Å². The molecular formula is C18H22N2O4S. The number of primary amides is 1. The van der Waals surface area contributed by atoms with Crippen molar-refractivity contribution in [1.29, 1.82) is 0 Å². The van der Waals surface area contributed by atoms with E-state index >= 15 is 0 Å². The Morgan fingerprint density at radius 2 is 1.84 bits per heavy atom. The number of carbonyl (C=O) groups is 2. The van der Waals surface area contributed by atoms with Crippen molar-refractivity contribution in [3.05, 3.63) is 40.3 Å². The Labute approximate surface area is 150 Å². The largest absolute Gasteiger partial charge is 0.497 e. The van der Waals surface area contributed by atoms with Gasteiger partial charge in [-0.15, -0.1) is 11.3 Å². The molecule has 1 aromatic heterocycles. The number of ether oxygens (including phenoxy) is 2. The number of carbonyl (C=O) groups excluding carboxylic acids is 2. The Hall–Kier alpha value is -2.54. The minimum atomic E-state index is -0.735. The van der Waals surface area contributed by atoms with Gasteiger partial charge in [0.05, 0.1) is 12.7 Å². The molecule has 2 amide bonds. The summed E-state index contributed by atoms with van der Waals surface area (Å²) in [6.07, 6.45) is -0.0596. The normalized spacial score (nSPS) is 11.7. The number of nitrogens with one attached hydrogen (secondary N) is 1. The van der Waals surface area contributed by atoms with E-state index in [0.29, 0.717) is 28.5 Å². The van der Waals surface area contributed by atoms with E-state index < -0.39 is 12.0 Å². The van der Waals surface area contributed by atoms with E-state index in [1.54, 1.807) is 38.3 Å². The molecule has 1 unspecified atom stereocenters. The summed E-state index contributed by atoms with van der Waals surface area (Å²) in [4.78, 5) is 25.1. The third-order valence-corrected chi connectivity index (χ3v) is 4.85. The number of hydrogen-bond donors (Lipinski definition) is 2. The highest BCUT2D eigenvalue weighted by molar-refractivity contribution is 7.16. The van der Waals surface area contributed by atoms with E-state index in [2.05, 4.69) is 5.32 Å². The first-order valence-corrected chi connectivity index (χ1v) is 8.72. The Morgan fingerprint density at radius 1 is 1.24 bits per heavy atom. The fourth-order valence-electron chi connectivity index (χ4n) is 2.48. The van der Waals surface area contributed by atoms with E-state index in [4.69, 9.17) is 15.2 Å². The number of thiophene rings is 1. The topological polar surface area (TPSA) is 90.7 Å². The number of methoxy groups -OCH3 is 1. The van der Waals surface area contributed by atoms with Crippen LogP contribution >= 0.6 is 11.3 Å². The predicted octanol–water partition coefficient (Wildman–Crippen LogP) is 3.13. The van der Waals surface area contributed by atoms with Gasteiger partial charge < -0.3 is 20.5 Å². The maximum atomic E-state index is 12.4. The highest BCUT2D eigenvalue weighted by Crippen LogP contribution is 2.33. The lowest BCUT2D eigenvalue weighted by atomic mass is 10.1. The smallest absolute Gasteiger partial charge is 0.265 e. The molecule has 6 nitrogen and oxygen atoms in total. The van der Waals surface area contributed by atoms with Crippen molar-refractivity contribution in [2.24, 2.45) is 5.73 Å². The first-order chi connectivity index (χ1) is 11.9.